The van der Waals surface area contributed by atoms with Crippen LogP contribution >= 0.6 is 24.0 Å². The first-order chi connectivity index (χ1) is 10.1. The zero-order valence-electron chi connectivity index (χ0n) is 14.4. The fraction of sp³-hybridized carbons (Fsp3) is 0.941. The molecule has 0 bridgehead atoms. The van der Waals surface area contributed by atoms with Crippen LogP contribution in [0.1, 0.15) is 58.8 Å². The fourth-order valence-electron chi connectivity index (χ4n) is 4.17. The van der Waals surface area contributed by atoms with Gasteiger partial charge in [0, 0.05) is 38.3 Å². The van der Waals surface area contributed by atoms with E-state index < -0.39 is 0 Å². The van der Waals surface area contributed by atoms with Gasteiger partial charge in [0.1, 0.15) is 0 Å². The van der Waals surface area contributed by atoms with Crippen LogP contribution in [0.5, 0.6) is 0 Å². The minimum absolute atomic E-state index is 0. The van der Waals surface area contributed by atoms with E-state index in [2.05, 4.69) is 34.4 Å². The molecule has 2 aliphatic carbocycles. The molecule has 0 aromatic heterocycles. The standard InChI is InChI=1S/C17H32N4.HI/c1-13-10-14(11-21(13)15-6-7-15)20-16(18-3)19-12-17(2)8-4-5-9-17;/h13-15H,4-12H2,1-3H3,(H2,18,19,20);1H. The first-order valence-electron chi connectivity index (χ1n) is 8.82. The lowest BCUT2D eigenvalue weighted by molar-refractivity contribution is 0.256. The van der Waals surface area contributed by atoms with Gasteiger partial charge in [-0.3, -0.25) is 9.89 Å². The molecular formula is C17H33IN4. The summed E-state index contributed by atoms with van der Waals surface area (Å²) in [5.41, 5.74) is 0.473. The molecule has 0 aromatic carbocycles. The summed E-state index contributed by atoms with van der Waals surface area (Å²) in [5, 5.41) is 7.22. The largest absolute Gasteiger partial charge is 0.356 e. The number of guanidine groups is 1. The van der Waals surface area contributed by atoms with Crippen LogP contribution in [0.4, 0.5) is 0 Å². The lowest BCUT2D eigenvalue weighted by Crippen LogP contribution is -2.47. The number of nitrogens with zero attached hydrogens (tertiary/aromatic N) is 2. The molecule has 2 atom stereocenters. The van der Waals surface area contributed by atoms with Crippen LogP contribution in [0, 0.1) is 5.41 Å². The second-order valence-corrected chi connectivity index (χ2v) is 7.80. The molecule has 3 aliphatic rings. The number of likely N-dealkylation sites (tertiary alicyclic amines) is 1. The van der Waals surface area contributed by atoms with E-state index in [-0.39, 0.29) is 24.0 Å². The normalized spacial score (nSPS) is 31.9. The van der Waals surface area contributed by atoms with Gasteiger partial charge in [-0.05, 0) is 44.4 Å². The number of rotatable bonds is 4. The van der Waals surface area contributed by atoms with Crippen LogP contribution in [-0.4, -0.2) is 49.1 Å². The Morgan fingerprint density at radius 2 is 1.95 bits per heavy atom. The zero-order chi connectivity index (χ0) is 14.9. The van der Waals surface area contributed by atoms with E-state index in [4.69, 9.17) is 0 Å². The molecule has 2 N–H and O–H groups in total. The highest BCUT2D eigenvalue weighted by molar-refractivity contribution is 14.0. The molecule has 22 heavy (non-hydrogen) atoms. The molecule has 0 radical (unpaired) electrons. The van der Waals surface area contributed by atoms with Gasteiger partial charge in [-0.25, -0.2) is 0 Å². The van der Waals surface area contributed by atoms with Gasteiger partial charge in [-0.15, -0.1) is 24.0 Å². The van der Waals surface area contributed by atoms with E-state index in [1.54, 1.807) is 0 Å². The highest BCUT2D eigenvalue weighted by Gasteiger charge is 2.39. The van der Waals surface area contributed by atoms with Gasteiger partial charge in [0.15, 0.2) is 5.96 Å². The maximum absolute atomic E-state index is 4.43. The maximum Gasteiger partial charge on any atom is 0.191 e. The Morgan fingerprint density at radius 1 is 1.27 bits per heavy atom. The van der Waals surface area contributed by atoms with Crippen molar-refractivity contribution in [3.05, 3.63) is 0 Å². The summed E-state index contributed by atoms with van der Waals surface area (Å²) >= 11 is 0. The number of halogens is 1. The summed E-state index contributed by atoms with van der Waals surface area (Å²) in [5.74, 6) is 0.998. The predicted octanol–water partition coefficient (Wildman–Crippen LogP) is 2.97. The predicted molar refractivity (Wildman–Crippen MR) is 104 cm³/mol. The summed E-state index contributed by atoms with van der Waals surface area (Å²) in [6.07, 6.45) is 9.54. The van der Waals surface area contributed by atoms with Gasteiger partial charge in [-0.2, -0.15) is 0 Å². The molecule has 3 fully saturated rings. The summed E-state index contributed by atoms with van der Waals surface area (Å²) in [6.45, 7) is 7.02. The van der Waals surface area contributed by atoms with Crippen LogP contribution in [0.15, 0.2) is 4.99 Å². The Balaban J connectivity index is 0.00000176. The van der Waals surface area contributed by atoms with Gasteiger partial charge in [-0.1, -0.05) is 19.8 Å². The van der Waals surface area contributed by atoms with Crippen molar-refractivity contribution >= 4 is 29.9 Å². The lowest BCUT2D eigenvalue weighted by Gasteiger charge is -2.26. The van der Waals surface area contributed by atoms with Gasteiger partial charge in [0.2, 0.25) is 0 Å². The molecule has 0 amide bonds. The van der Waals surface area contributed by atoms with Gasteiger partial charge in [0.05, 0.1) is 0 Å². The van der Waals surface area contributed by atoms with Crippen molar-refractivity contribution in [2.45, 2.75) is 76.9 Å². The average molecular weight is 420 g/mol. The van der Waals surface area contributed by atoms with Crippen LogP contribution in [0.2, 0.25) is 0 Å². The fourth-order valence-corrected chi connectivity index (χ4v) is 4.17. The molecule has 4 nitrogen and oxygen atoms in total. The summed E-state index contributed by atoms with van der Waals surface area (Å²) < 4.78 is 0. The van der Waals surface area contributed by atoms with E-state index in [0.717, 1.165) is 24.6 Å². The van der Waals surface area contributed by atoms with Crippen LogP contribution in [0.3, 0.4) is 0 Å². The van der Waals surface area contributed by atoms with Crippen LogP contribution in [-0.2, 0) is 0 Å². The van der Waals surface area contributed by atoms with E-state index in [1.807, 2.05) is 7.05 Å². The Kier molecular flexibility index (Phi) is 6.39. The van der Waals surface area contributed by atoms with Gasteiger partial charge in [0.25, 0.3) is 0 Å². The third-order valence-electron chi connectivity index (χ3n) is 5.70. The first kappa shape index (κ1) is 18.3. The third kappa shape index (κ3) is 4.49. The van der Waals surface area contributed by atoms with Crippen molar-refractivity contribution in [2.24, 2.45) is 10.4 Å². The topological polar surface area (TPSA) is 39.7 Å². The summed E-state index contributed by atoms with van der Waals surface area (Å²) in [7, 11) is 1.89. The Morgan fingerprint density at radius 3 is 2.55 bits per heavy atom. The smallest absolute Gasteiger partial charge is 0.191 e. The number of hydrogen-bond donors (Lipinski definition) is 2. The molecule has 128 valence electrons. The molecule has 5 heteroatoms. The molecular weight excluding hydrogens is 387 g/mol. The SMILES string of the molecule is CN=C(NCC1(C)CCCC1)NC1CC(C)N(C2CC2)C1.I. The van der Waals surface area contributed by atoms with Gasteiger partial charge < -0.3 is 10.6 Å². The maximum atomic E-state index is 4.43. The van der Waals surface area contributed by atoms with Crippen molar-refractivity contribution < 1.29 is 0 Å². The summed E-state index contributed by atoms with van der Waals surface area (Å²) in [4.78, 5) is 7.11. The third-order valence-corrected chi connectivity index (χ3v) is 5.70. The second-order valence-electron chi connectivity index (χ2n) is 7.80. The monoisotopic (exact) mass is 420 g/mol. The highest BCUT2D eigenvalue weighted by atomic mass is 127. The quantitative estimate of drug-likeness (QED) is 0.418. The highest BCUT2D eigenvalue weighted by Crippen LogP contribution is 2.36. The van der Waals surface area contributed by atoms with E-state index in [0.29, 0.717) is 11.5 Å². The molecule has 2 unspecified atom stereocenters. The van der Waals surface area contributed by atoms with Crippen LogP contribution < -0.4 is 10.6 Å². The minimum Gasteiger partial charge on any atom is -0.356 e. The zero-order valence-corrected chi connectivity index (χ0v) is 16.7. The van der Waals surface area contributed by atoms with Crippen molar-refractivity contribution in [1.29, 1.82) is 0 Å². The minimum atomic E-state index is 0. The van der Waals surface area contributed by atoms with E-state index in [1.165, 1.54) is 51.5 Å². The lowest BCUT2D eigenvalue weighted by atomic mass is 9.89. The molecule has 1 heterocycles. The van der Waals surface area contributed by atoms with Crippen molar-refractivity contribution in [3.8, 4) is 0 Å². The molecule has 1 saturated heterocycles. The Labute approximate surface area is 152 Å². The molecule has 2 saturated carbocycles. The summed E-state index contributed by atoms with van der Waals surface area (Å²) in [6, 6.07) is 2.16. The molecule has 0 spiro atoms. The average Bonchev–Trinajstić information content (AvgIpc) is 3.12. The van der Waals surface area contributed by atoms with Crippen molar-refractivity contribution in [3.63, 3.8) is 0 Å². The molecule has 0 aromatic rings. The molecule has 3 rings (SSSR count). The number of hydrogen-bond acceptors (Lipinski definition) is 2. The van der Waals surface area contributed by atoms with Crippen molar-refractivity contribution in [1.82, 2.24) is 15.5 Å². The Bertz CT molecular complexity index is 388. The number of aliphatic imine (C=N–C) groups is 1. The van der Waals surface area contributed by atoms with E-state index in [9.17, 15) is 0 Å². The Hall–Kier alpha value is -0.0400. The number of nitrogens with one attached hydrogen (secondary N) is 2. The van der Waals surface area contributed by atoms with Gasteiger partial charge >= 0.3 is 0 Å². The van der Waals surface area contributed by atoms with E-state index >= 15 is 0 Å². The first-order valence-corrected chi connectivity index (χ1v) is 8.82. The van der Waals surface area contributed by atoms with Crippen LogP contribution in [0.25, 0.3) is 0 Å². The molecule has 1 aliphatic heterocycles. The van der Waals surface area contributed by atoms with Crippen molar-refractivity contribution in [2.75, 3.05) is 20.1 Å². The second kappa shape index (κ2) is 7.69.